The highest BCUT2D eigenvalue weighted by atomic mass is 16.1. The molecule has 2 rings (SSSR count). The molecule has 1 saturated heterocycles. The van der Waals surface area contributed by atoms with Crippen LogP contribution in [-0.2, 0) is 0 Å². The summed E-state index contributed by atoms with van der Waals surface area (Å²) in [6.45, 7) is 2.12. The first-order chi connectivity index (χ1) is 7.27. The van der Waals surface area contributed by atoms with Crippen LogP contribution in [0, 0.1) is 0 Å². The predicted octanol–water partition coefficient (Wildman–Crippen LogP) is 1.25. The smallest absolute Gasteiger partial charge is 0.248 e. The Morgan fingerprint density at radius 3 is 2.73 bits per heavy atom. The molecule has 0 spiro atoms. The average Bonchev–Trinajstić information content (AvgIpc) is 2.30. The van der Waals surface area contributed by atoms with Gasteiger partial charge in [0, 0.05) is 5.56 Å². The molecule has 80 valence electrons. The van der Waals surface area contributed by atoms with Crippen molar-refractivity contribution in [1.29, 1.82) is 0 Å². The second-order valence-corrected chi connectivity index (χ2v) is 4.01. The van der Waals surface area contributed by atoms with E-state index in [4.69, 9.17) is 5.73 Å². The number of nitrogens with two attached hydrogens (primary N) is 1. The van der Waals surface area contributed by atoms with E-state index in [2.05, 4.69) is 11.4 Å². The molecule has 0 unspecified atom stereocenters. The fraction of sp³-hybridized carbons (Fsp3) is 0.417. The molecular weight excluding hydrogens is 188 g/mol. The van der Waals surface area contributed by atoms with Crippen LogP contribution >= 0.6 is 0 Å². The minimum atomic E-state index is -0.342. The van der Waals surface area contributed by atoms with Crippen molar-refractivity contribution in [3.05, 3.63) is 35.4 Å². The molecule has 3 N–H and O–H groups in total. The lowest BCUT2D eigenvalue weighted by Gasteiger charge is -2.23. The molecule has 1 heterocycles. The van der Waals surface area contributed by atoms with Gasteiger partial charge in [0.2, 0.25) is 5.91 Å². The molecule has 0 aromatic heterocycles. The molecule has 1 aromatic rings. The number of benzene rings is 1. The van der Waals surface area contributed by atoms with Crippen molar-refractivity contribution in [2.45, 2.75) is 18.8 Å². The normalized spacial score (nSPS) is 17.6. The van der Waals surface area contributed by atoms with Crippen LogP contribution in [0.5, 0.6) is 0 Å². The molecule has 0 atom stereocenters. The summed E-state index contributed by atoms with van der Waals surface area (Å²) in [6, 6.07) is 7.70. The Morgan fingerprint density at radius 2 is 2.07 bits per heavy atom. The summed E-state index contributed by atoms with van der Waals surface area (Å²) in [6.07, 6.45) is 2.28. The predicted molar refractivity (Wildman–Crippen MR) is 59.8 cm³/mol. The van der Waals surface area contributed by atoms with Crippen LogP contribution < -0.4 is 11.1 Å². The fourth-order valence-corrected chi connectivity index (χ4v) is 2.10. The van der Waals surface area contributed by atoms with Gasteiger partial charge >= 0.3 is 0 Å². The van der Waals surface area contributed by atoms with E-state index in [1.807, 2.05) is 12.1 Å². The average molecular weight is 204 g/mol. The molecule has 0 radical (unpaired) electrons. The maximum Gasteiger partial charge on any atom is 0.248 e. The van der Waals surface area contributed by atoms with Gasteiger partial charge in [-0.3, -0.25) is 4.79 Å². The Balaban J connectivity index is 2.19. The molecule has 0 aliphatic carbocycles. The summed E-state index contributed by atoms with van der Waals surface area (Å²) in [5.41, 5.74) is 7.12. The second-order valence-electron chi connectivity index (χ2n) is 4.01. The number of hydrogen-bond acceptors (Lipinski definition) is 2. The van der Waals surface area contributed by atoms with Gasteiger partial charge in [0.25, 0.3) is 0 Å². The number of rotatable bonds is 2. The van der Waals surface area contributed by atoms with E-state index in [1.165, 1.54) is 5.56 Å². The van der Waals surface area contributed by atoms with Crippen molar-refractivity contribution in [3.8, 4) is 0 Å². The highest BCUT2D eigenvalue weighted by Gasteiger charge is 2.15. The maximum absolute atomic E-state index is 11.0. The number of primary amides is 1. The first kappa shape index (κ1) is 10.2. The monoisotopic (exact) mass is 204 g/mol. The Morgan fingerprint density at radius 1 is 1.33 bits per heavy atom. The summed E-state index contributed by atoms with van der Waals surface area (Å²) in [5, 5.41) is 3.33. The highest BCUT2D eigenvalue weighted by Crippen LogP contribution is 2.25. The zero-order chi connectivity index (χ0) is 10.7. The van der Waals surface area contributed by atoms with Crippen molar-refractivity contribution in [2.75, 3.05) is 13.1 Å². The van der Waals surface area contributed by atoms with Crippen molar-refractivity contribution in [2.24, 2.45) is 5.73 Å². The quantitative estimate of drug-likeness (QED) is 0.761. The lowest BCUT2D eigenvalue weighted by molar-refractivity contribution is 0.1000. The van der Waals surface area contributed by atoms with Gasteiger partial charge in [0.15, 0.2) is 0 Å². The summed E-state index contributed by atoms with van der Waals surface area (Å²) < 4.78 is 0. The van der Waals surface area contributed by atoms with E-state index in [9.17, 15) is 4.79 Å². The highest BCUT2D eigenvalue weighted by molar-refractivity contribution is 5.92. The first-order valence-electron chi connectivity index (χ1n) is 5.38. The van der Waals surface area contributed by atoms with Gasteiger partial charge in [-0.2, -0.15) is 0 Å². The number of hydrogen-bond donors (Lipinski definition) is 2. The summed E-state index contributed by atoms with van der Waals surface area (Å²) >= 11 is 0. The Hall–Kier alpha value is -1.35. The third-order valence-corrected chi connectivity index (χ3v) is 2.98. The lowest BCUT2D eigenvalue weighted by Crippen LogP contribution is -2.26. The molecular formula is C12H16N2O. The van der Waals surface area contributed by atoms with Gasteiger partial charge < -0.3 is 11.1 Å². The largest absolute Gasteiger partial charge is 0.366 e. The zero-order valence-electron chi connectivity index (χ0n) is 8.70. The van der Waals surface area contributed by atoms with Gasteiger partial charge in [-0.15, -0.1) is 0 Å². The Labute approximate surface area is 89.7 Å². The van der Waals surface area contributed by atoms with Crippen molar-refractivity contribution < 1.29 is 4.79 Å². The number of carbonyl (C=O) groups is 1. The minimum Gasteiger partial charge on any atom is -0.366 e. The molecule has 0 bridgehead atoms. The third kappa shape index (κ3) is 2.36. The zero-order valence-corrected chi connectivity index (χ0v) is 8.70. The Bertz CT molecular complexity index is 356. The van der Waals surface area contributed by atoms with Crippen LogP contribution in [0.2, 0.25) is 0 Å². The molecule has 3 heteroatoms. The van der Waals surface area contributed by atoms with E-state index >= 15 is 0 Å². The van der Waals surface area contributed by atoms with E-state index in [0.29, 0.717) is 11.5 Å². The van der Waals surface area contributed by atoms with Crippen LogP contribution in [0.15, 0.2) is 24.3 Å². The van der Waals surface area contributed by atoms with Gasteiger partial charge in [-0.25, -0.2) is 0 Å². The molecule has 1 aliphatic rings. The van der Waals surface area contributed by atoms with Crippen molar-refractivity contribution >= 4 is 5.91 Å². The van der Waals surface area contributed by atoms with E-state index < -0.39 is 0 Å². The molecule has 15 heavy (non-hydrogen) atoms. The van der Waals surface area contributed by atoms with Gasteiger partial charge in [0.05, 0.1) is 0 Å². The molecule has 1 aromatic carbocycles. The molecule has 1 aliphatic heterocycles. The van der Waals surface area contributed by atoms with Gasteiger partial charge in [0.1, 0.15) is 0 Å². The van der Waals surface area contributed by atoms with Crippen LogP contribution in [0.1, 0.15) is 34.7 Å². The van der Waals surface area contributed by atoms with Gasteiger partial charge in [-0.1, -0.05) is 12.1 Å². The van der Waals surface area contributed by atoms with Crippen LogP contribution in [0.25, 0.3) is 0 Å². The standard InChI is InChI=1S/C12H16N2O/c13-12(15)11-3-1-2-10(8-11)9-4-6-14-7-5-9/h1-3,8-9,14H,4-7H2,(H2,13,15). The number of amides is 1. The topological polar surface area (TPSA) is 55.1 Å². The van der Waals surface area contributed by atoms with E-state index in [-0.39, 0.29) is 5.91 Å². The summed E-state index contributed by atoms with van der Waals surface area (Å²) in [7, 11) is 0. The molecule has 0 saturated carbocycles. The molecule has 1 fully saturated rings. The van der Waals surface area contributed by atoms with Crippen LogP contribution in [0.4, 0.5) is 0 Å². The fourth-order valence-electron chi connectivity index (χ4n) is 2.10. The lowest BCUT2D eigenvalue weighted by atomic mass is 9.89. The third-order valence-electron chi connectivity index (χ3n) is 2.98. The number of piperidine rings is 1. The van der Waals surface area contributed by atoms with Crippen LogP contribution in [0.3, 0.4) is 0 Å². The minimum absolute atomic E-state index is 0.342. The van der Waals surface area contributed by atoms with Crippen LogP contribution in [-0.4, -0.2) is 19.0 Å². The van der Waals surface area contributed by atoms with E-state index in [1.54, 1.807) is 6.07 Å². The SMILES string of the molecule is NC(=O)c1cccc(C2CCNCC2)c1. The maximum atomic E-state index is 11.0. The van der Waals surface area contributed by atoms with E-state index in [0.717, 1.165) is 25.9 Å². The summed E-state index contributed by atoms with van der Waals surface area (Å²) in [5.74, 6) is 0.233. The van der Waals surface area contributed by atoms with Gasteiger partial charge in [-0.05, 0) is 49.5 Å². The number of carbonyl (C=O) groups excluding carboxylic acids is 1. The van der Waals surface area contributed by atoms with Crippen molar-refractivity contribution in [3.63, 3.8) is 0 Å². The van der Waals surface area contributed by atoms with Crippen molar-refractivity contribution in [1.82, 2.24) is 5.32 Å². The second kappa shape index (κ2) is 4.45. The summed E-state index contributed by atoms with van der Waals surface area (Å²) in [4.78, 5) is 11.0. The molecule has 1 amide bonds. The first-order valence-corrected chi connectivity index (χ1v) is 5.38. The Kier molecular flexibility index (Phi) is 3.02. The molecule has 3 nitrogen and oxygen atoms in total. The number of nitrogens with one attached hydrogen (secondary N) is 1.